The molecule has 2 aromatic carbocycles. The summed E-state index contributed by atoms with van der Waals surface area (Å²) < 4.78 is 35.7. The molecule has 0 saturated carbocycles. The van der Waals surface area contributed by atoms with E-state index >= 15 is 0 Å². The Balaban J connectivity index is 0.000000240. The fraction of sp³-hybridized carbons (Fsp3) is 0.400. The van der Waals surface area contributed by atoms with Gasteiger partial charge in [-0.25, -0.2) is 8.78 Å². The first-order valence-corrected chi connectivity index (χ1v) is 7.97. The zero-order valence-electron chi connectivity index (χ0n) is 15.2. The second-order valence-electron chi connectivity index (χ2n) is 6.09. The Bertz CT molecular complexity index is 652. The normalized spacial score (nSPS) is 10.4. The van der Waals surface area contributed by atoms with Gasteiger partial charge in [0.15, 0.2) is 11.6 Å². The molecule has 0 unspecified atom stereocenters. The van der Waals surface area contributed by atoms with Gasteiger partial charge < -0.3 is 9.47 Å². The Kier molecular flexibility index (Phi) is 7.69. The predicted octanol–water partition coefficient (Wildman–Crippen LogP) is 5.92. The summed E-state index contributed by atoms with van der Waals surface area (Å²) in [5.41, 5.74) is 2.01. The van der Waals surface area contributed by atoms with Crippen LogP contribution >= 0.6 is 0 Å². The minimum absolute atomic E-state index is 0.209. The highest BCUT2D eigenvalue weighted by atomic mass is 19.1. The van der Waals surface area contributed by atoms with E-state index in [0.29, 0.717) is 11.7 Å². The summed E-state index contributed by atoms with van der Waals surface area (Å²) in [6, 6.07) is 9.54. The van der Waals surface area contributed by atoms with Crippen LogP contribution in [-0.2, 0) is 0 Å². The number of halogens is 2. The molecule has 2 aromatic rings. The first-order valence-electron chi connectivity index (χ1n) is 7.97. The minimum Gasteiger partial charge on any atom is -0.496 e. The molecule has 0 fully saturated rings. The van der Waals surface area contributed by atoms with E-state index in [4.69, 9.17) is 9.47 Å². The molecule has 132 valence electrons. The van der Waals surface area contributed by atoms with Gasteiger partial charge >= 0.3 is 0 Å². The molecule has 0 aliphatic carbocycles. The summed E-state index contributed by atoms with van der Waals surface area (Å²) in [4.78, 5) is 0. The monoisotopic (exact) mass is 336 g/mol. The second kappa shape index (κ2) is 9.26. The van der Waals surface area contributed by atoms with Crippen LogP contribution in [0, 0.1) is 11.6 Å². The lowest BCUT2D eigenvalue weighted by molar-refractivity contribution is 0.385. The van der Waals surface area contributed by atoms with Gasteiger partial charge in [-0.2, -0.15) is 0 Å². The van der Waals surface area contributed by atoms with Crippen LogP contribution in [0.5, 0.6) is 11.5 Å². The van der Waals surface area contributed by atoms with E-state index in [1.54, 1.807) is 25.3 Å². The average Bonchev–Trinajstić information content (AvgIpc) is 2.55. The van der Waals surface area contributed by atoms with E-state index in [2.05, 4.69) is 13.8 Å². The number of hydrogen-bond donors (Lipinski definition) is 0. The molecule has 0 heterocycles. The van der Waals surface area contributed by atoms with Gasteiger partial charge in [0.1, 0.15) is 11.6 Å². The van der Waals surface area contributed by atoms with E-state index in [0.717, 1.165) is 16.9 Å². The SMILES string of the molecule is COc1cc(C(C)C)ccc1F.COc1ccc(F)cc1C(C)C. The Morgan fingerprint density at radius 3 is 1.88 bits per heavy atom. The molecule has 0 aliphatic rings. The van der Waals surface area contributed by atoms with E-state index in [-0.39, 0.29) is 17.6 Å². The van der Waals surface area contributed by atoms with Gasteiger partial charge in [0, 0.05) is 0 Å². The number of methoxy groups -OCH3 is 2. The Morgan fingerprint density at radius 2 is 1.38 bits per heavy atom. The third kappa shape index (κ3) is 5.52. The molecule has 2 nitrogen and oxygen atoms in total. The van der Waals surface area contributed by atoms with E-state index in [1.165, 1.54) is 25.3 Å². The molecule has 0 atom stereocenters. The fourth-order valence-electron chi connectivity index (χ4n) is 2.19. The van der Waals surface area contributed by atoms with Gasteiger partial charge in [0.25, 0.3) is 0 Å². The van der Waals surface area contributed by atoms with Crippen molar-refractivity contribution in [1.82, 2.24) is 0 Å². The standard InChI is InChI=1S/2C10H13FO/c1-7(2)9-6-8(11)4-5-10(9)12-3;1-7(2)8-4-5-9(11)10(6-8)12-3/h2*4-7H,1-3H3. The molecule has 0 N–H and O–H groups in total. The zero-order valence-corrected chi connectivity index (χ0v) is 15.2. The van der Waals surface area contributed by atoms with Crippen molar-refractivity contribution in [2.24, 2.45) is 0 Å². The van der Waals surface area contributed by atoms with Crippen molar-refractivity contribution >= 4 is 0 Å². The maximum absolute atomic E-state index is 12.9. The minimum atomic E-state index is -0.304. The van der Waals surface area contributed by atoms with Crippen molar-refractivity contribution in [2.75, 3.05) is 14.2 Å². The molecule has 0 radical (unpaired) electrons. The molecule has 2 rings (SSSR count). The molecular weight excluding hydrogens is 310 g/mol. The van der Waals surface area contributed by atoms with Gasteiger partial charge in [-0.1, -0.05) is 33.8 Å². The fourth-order valence-corrected chi connectivity index (χ4v) is 2.19. The van der Waals surface area contributed by atoms with Crippen LogP contribution in [-0.4, -0.2) is 14.2 Å². The van der Waals surface area contributed by atoms with E-state index in [1.807, 2.05) is 13.8 Å². The number of ether oxygens (including phenoxy) is 2. The van der Waals surface area contributed by atoms with Crippen molar-refractivity contribution < 1.29 is 18.3 Å². The topological polar surface area (TPSA) is 18.5 Å². The van der Waals surface area contributed by atoms with Crippen LogP contribution in [0.1, 0.15) is 50.7 Å². The van der Waals surface area contributed by atoms with Crippen molar-refractivity contribution in [1.29, 1.82) is 0 Å². The summed E-state index contributed by atoms with van der Waals surface area (Å²) in [5.74, 6) is 1.25. The van der Waals surface area contributed by atoms with Crippen LogP contribution in [0.4, 0.5) is 8.78 Å². The molecule has 0 aliphatic heterocycles. The third-order valence-corrected chi connectivity index (χ3v) is 3.66. The van der Waals surface area contributed by atoms with Crippen LogP contribution in [0.15, 0.2) is 36.4 Å². The number of rotatable bonds is 4. The smallest absolute Gasteiger partial charge is 0.165 e. The van der Waals surface area contributed by atoms with Crippen LogP contribution in [0.25, 0.3) is 0 Å². The Labute approximate surface area is 143 Å². The Hall–Kier alpha value is -2.10. The molecule has 24 heavy (non-hydrogen) atoms. The lowest BCUT2D eigenvalue weighted by Crippen LogP contribution is -1.94. The molecular formula is C20H26F2O2. The predicted molar refractivity (Wildman–Crippen MR) is 94.1 cm³/mol. The lowest BCUT2D eigenvalue weighted by atomic mass is 10.0. The molecule has 0 bridgehead atoms. The molecule has 0 saturated heterocycles. The van der Waals surface area contributed by atoms with Crippen molar-refractivity contribution in [3.05, 3.63) is 59.2 Å². The van der Waals surface area contributed by atoms with Gasteiger partial charge in [-0.15, -0.1) is 0 Å². The first kappa shape index (κ1) is 19.9. The van der Waals surface area contributed by atoms with E-state index < -0.39 is 0 Å². The second-order valence-corrected chi connectivity index (χ2v) is 6.09. The van der Waals surface area contributed by atoms with Gasteiger partial charge in [-0.05, 0) is 53.3 Å². The lowest BCUT2D eigenvalue weighted by Gasteiger charge is -2.10. The molecule has 4 heteroatoms. The van der Waals surface area contributed by atoms with Crippen LogP contribution in [0.3, 0.4) is 0 Å². The maximum Gasteiger partial charge on any atom is 0.165 e. The average molecular weight is 336 g/mol. The first-order chi connectivity index (χ1) is 11.3. The third-order valence-electron chi connectivity index (χ3n) is 3.66. The van der Waals surface area contributed by atoms with Crippen molar-refractivity contribution in [3.8, 4) is 11.5 Å². The largest absolute Gasteiger partial charge is 0.496 e. The van der Waals surface area contributed by atoms with Gasteiger partial charge in [-0.3, -0.25) is 0 Å². The zero-order chi connectivity index (χ0) is 18.3. The summed E-state index contributed by atoms with van der Waals surface area (Å²) in [5, 5.41) is 0. The summed E-state index contributed by atoms with van der Waals surface area (Å²) >= 11 is 0. The number of benzene rings is 2. The summed E-state index contributed by atoms with van der Waals surface area (Å²) in [6.45, 7) is 8.15. The van der Waals surface area contributed by atoms with Gasteiger partial charge in [0.2, 0.25) is 0 Å². The molecule has 0 amide bonds. The van der Waals surface area contributed by atoms with Crippen molar-refractivity contribution in [3.63, 3.8) is 0 Å². The van der Waals surface area contributed by atoms with Crippen molar-refractivity contribution in [2.45, 2.75) is 39.5 Å². The maximum atomic E-state index is 12.9. The Morgan fingerprint density at radius 1 is 0.750 bits per heavy atom. The highest BCUT2D eigenvalue weighted by molar-refractivity contribution is 5.36. The molecule has 0 aromatic heterocycles. The molecule has 0 spiro atoms. The summed E-state index contributed by atoms with van der Waals surface area (Å²) in [6.07, 6.45) is 0. The highest BCUT2D eigenvalue weighted by Gasteiger charge is 2.07. The van der Waals surface area contributed by atoms with Crippen LogP contribution < -0.4 is 9.47 Å². The van der Waals surface area contributed by atoms with Gasteiger partial charge in [0.05, 0.1) is 14.2 Å². The quantitative estimate of drug-likeness (QED) is 0.690. The summed E-state index contributed by atoms with van der Waals surface area (Å²) in [7, 11) is 3.07. The van der Waals surface area contributed by atoms with Crippen LogP contribution in [0.2, 0.25) is 0 Å². The highest BCUT2D eigenvalue weighted by Crippen LogP contribution is 2.26. The van der Waals surface area contributed by atoms with E-state index in [9.17, 15) is 8.78 Å². The number of hydrogen-bond acceptors (Lipinski definition) is 2.